The average Bonchev–Trinajstić information content (AvgIpc) is 3.40. The molecule has 1 unspecified atom stereocenters. The minimum Gasteiger partial charge on any atom is -0.493 e. The molecular formula is C19H20N2O3S2. The van der Waals surface area contributed by atoms with Crippen molar-refractivity contribution in [1.29, 1.82) is 0 Å². The molecular weight excluding hydrogens is 368 g/mol. The Morgan fingerprint density at radius 3 is 2.85 bits per heavy atom. The fraction of sp³-hybridized carbons (Fsp3) is 0.316. The number of fused-ring (bicyclic) bond motifs is 1. The van der Waals surface area contributed by atoms with Crippen molar-refractivity contribution in [2.75, 3.05) is 13.4 Å². The van der Waals surface area contributed by atoms with Gasteiger partial charge in [-0.3, -0.25) is 0 Å². The van der Waals surface area contributed by atoms with E-state index in [9.17, 15) is 0 Å². The molecule has 1 atom stereocenters. The van der Waals surface area contributed by atoms with Crippen LogP contribution in [0, 0.1) is 0 Å². The van der Waals surface area contributed by atoms with Crippen molar-refractivity contribution in [3.63, 3.8) is 0 Å². The van der Waals surface area contributed by atoms with Gasteiger partial charge in [0.2, 0.25) is 6.79 Å². The largest absolute Gasteiger partial charge is 0.493 e. The molecule has 1 aliphatic heterocycles. The number of hydrogen-bond donors (Lipinski definition) is 1. The zero-order valence-electron chi connectivity index (χ0n) is 14.4. The van der Waals surface area contributed by atoms with Crippen molar-refractivity contribution in [2.24, 2.45) is 0 Å². The van der Waals surface area contributed by atoms with Crippen molar-refractivity contribution in [3.05, 3.63) is 56.7 Å². The molecule has 0 fully saturated rings. The predicted molar refractivity (Wildman–Crippen MR) is 103 cm³/mol. The molecule has 3 aromatic rings. The van der Waals surface area contributed by atoms with Crippen LogP contribution in [0.4, 0.5) is 0 Å². The van der Waals surface area contributed by atoms with Crippen molar-refractivity contribution >= 4 is 22.7 Å². The highest BCUT2D eigenvalue weighted by Crippen LogP contribution is 2.38. The summed E-state index contributed by atoms with van der Waals surface area (Å²) in [7, 11) is 0. The summed E-state index contributed by atoms with van der Waals surface area (Å²) in [6.45, 7) is 3.52. The van der Waals surface area contributed by atoms with Gasteiger partial charge in [0.15, 0.2) is 11.5 Å². The van der Waals surface area contributed by atoms with Gasteiger partial charge in [0.25, 0.3) is 0 Å². The molecule has 3 heterocycles. The second-order valence-corrected chi connectivity index (χ2v) is 7.79. The van der Waals surface area contributed by atoms with Crippen LogP contribution in [0.1, 0.15) is 28.4 Å². The first-order valence-electron chi connectivity index (χ1n) is 8.54. The third kappa shape index (κ3) is 3.85. The lowest BCUT2D eigenvalue weighted by atomic mass is 10.1. The summed E-state index contributed by atoms with van der Waals surface area (Å²) < 4.78 is 16.8. The molecule has 7 heteroatoms. The quantitative estimate of drug-likeness (QED) is 0.620. The molecule has 0 saturated carbocycles. The Morgan fingerprint density at radius 1 is 1.23 bits per heavy atom. The highest BCUT2D eigenvalue weighted by Gasteiger charge is 2.20. The number of thiophene rings is 1. The molecule has 0 bridgehead atoms. The lowest BCUT2D eigenvalue weighted by Crippen LogP contribution is -2.23. The highest BCUT2D eigenvalue weighted by molar-refractivity contribution is 7.10. The standard InChI is InChI=1S/C19H20N2O3S2/c1-2-22-16-10-18-17(23-12-24-18)8-13(16)11-21-15(19-20-5-7-26-19)9-14-4-3-6-25-14/h3-8,10,15,21H,2,9,11-12H2,1H3. The number of nitrogens with one attached hydrogen (secondary N) is 1. The maximum Gasteiger partial charge on any atom is 0.231 e. The first-order valence-corrected chi connectivity index (χ1v) is 10.3. The predicted octanol–water partition coefficient (Wildman–Crippen LogP) is 4.41. The van der Waals surface area contributed by atoms with Crippen LogP contribution in [0.25, 0.3) is 0 Å². The third-order valence-electron chi connectivity index (χ3n) is 4.13. The maximum absolute atomic E-state index is 5.80. The van der Waals surface area contributed by atoms with Gasteiger partial charge < -0.3 is 19.5 Å². The summed E-state index contributed by atoms with van der Waals surface area (Å²) in [5.41, 5.74) is 1.06. The van der Waals surface area contributed by atoms with Crippen LogP contribution < -0.4 is 19.5 Å². The zero-order chi connectivity index (χ0) is 17.8. The molecule has 0 spiro atoms. The smallest absolute Gasteiger partial charge is 0.231 e. The Balaban J connectivity index is 1.53. The lowest BCUT2D eigenvalue weighted by Gasteiger charge is -2.18. The minimum absolute atomic E-state index is 0.161. The molecule has 1 aliphatic rings. The van der Waals surface area contributed by atoms with Gasteiger partial charge in [0.1, 0.15) is 10.8 Å². The van der Waals surface area contributed by atoms with Crippen LogP contribution >= 0.6 is 22.7 Å². The van der Waals surface area contributed by atoms with Crippen LogP contribution in [-0.2, 0) is 13.0 Å². The Hall–Kier alpha value is -2.09. The summed E-state index contributed by atoms with van der Waals surface area (Å²) in [4.78, 5) is 5.85. The third-order valence-corrected chi connectivity index (χ3v) is 5.92. The van der Waals surface area contributed by atoms with E-state index in [0.717, 1.165) is 34.2 Å². The van der Waals surface area contributed by atoms with E-state index < -0.39 is 0 Å². The van der Waals surface area contributed by atoms with E-state index in [2.05, 4.69) is 27.8 Å². The van der Waals surface area contributed by atoms with Gasteiger partial charge in [-0.05, 0) is 24.4 Å². The number of nitrogens with zero attached hydrogens (tertiary/aromatic N) is 1. The van der Waals surface area contributed by atoms with E-state index in [0.29, 0.717) is 13.2 Å². The van der Waals surface area contributed by atoms with Crippen LogP contribution in [0.2, 0.25) is 0 Å². The molecule has 4 rings (SSSR count). The van der Waals surface area contributed by atoms with E-state index in [1.54, 1.807) is 22.7 Å². The van der Waals surface area contributed by atoms with Crippen LogP contribution in [0.3, 0.4) is 0 Å². The minimum atomic E-state index is 0.161. The Labute approximate surface area is 160 Å². The number of aromatic nitrogens is 1. The molecule has 0 radical (unpaired) electrons. The maximum atomic E-state index is 5.80. The summed E-state index contributed by atoms with van der Waals surface area (Å²) in [6, 6.07) is 8.34. The first-order chi connectivity index (χ1) is 12.8. The van der Waals surface area contributed by atoms with Crippen LogP contribution in [-0.4, -0.2) is 18.4 Å². The Morgan fingerprint density at radius 2 is 2.12 bits per heavy atom. The van der Waals surface area contributed by atoms with E-state index in [1.165, 1.54) is 4.88 Å². The van der Waals surface area contributed by atoms with Crippen molar-refractivity contribution in [3.8, 4) is 17.2 Å². The number of hydrogen-bond acceptors (Lipinski definition) is 7. The summed E-state index contributed by atoms with van der Waals surface area (Å²) in [5.74, 6) is 2.35. The average molecular weight is 389 g/mol. The Bertz CT molecular complexity index is 835. The van der Waals surface area contributed by atoms with E-state index in [4.69, 9.17) is 14.2 Å². The van der Waals surface area contributed by atoms with Crippen LogP contribution in [0.15, 0.2) is 41.2 Å². The molecule has 0 amide bonds. The topological polar surface area (TPSA) is 52.6 Å². The van der Waals surface area contributed by atoms with Gasteiger partial charge in [-0.2, -0.15) is 0 Å². The second kappa shape index (κ2) is 8.07. The SMILES string of the molecule is CCOc1cc2c(cc1CNC(Cc1cccs1)c1nccs1)OCO2. The van der Waals surface area contributed by atoms with E-state index in [1.807, 2.05) is 30.6 Å². The summed E-state index contributed by atoms with van der Waals surface area (Å²) in [5, 5.41) is 8.87. The molecule has 5 nitrogen and oxygen atoms in total. The molecule has 2 aromatic heterocycles. The molecule has 0 saturated heterocycles. The monoisotopic (exact) mass is 388 g/mol. The molecule has 26 heavy (non-hydrogen) atoms. The number of rotatable bonds is 8. The second-order valence-electron chi connectivity index (χ2n) is 5.83. The van der Waals surface area contributed by atoms with Crippen molar-refractivity contribution in [2.45, 2.75) is 25.9 Å². The molecule has 1 N–H and O–H groups in total. The van der Waals surface area contributed by atoms with Crippen LogP contribution in [0.5, 0.6) is 17.2 Å². The van der Waals surface area contributed by atoms with Crippen molar-refractivity contribution in [1.82, 2.24) is 10.3 Å². The number of ether oxygens (including phenoxy) is 3. The fourth-order valence-corrected chi connectivity index (χ4v) is 4.38. The van der Waals surface area contributed by atoms with Gasteiger partial charge >= 0.3 is 0 Å². The van der Waals surface area contributed by atoms with E-state index in [-0.39, 0.29) is 12.8 Å². The fourth-order valence-electron chi connectivity index (χ4n) is 2.91. The van der Waals surface area contributed by atoms with Gasteiger partial charge in [-0.25, -0.2) is 4.98 Å². The van der Waals surface area contributed by atoms with Gasteiger partial charge in [-0.1, -0.05) is 6.07 Å². The zero-order valence-corrected chi connectivity index (χ0v) is 16.1. The van der Waals surface area contributed by atoms with Crippen molar-refractivity contribution < 1.29 is 14.2 Å². The van der Waals surface area contributed by atoms with Gasteiger partial charge in [-0.15, -0.1) is 22.7 Å². The van der Waals surface area contributed by atoms with E-state index >= 15 is 0 Å². The van der Waals surface area contributed by atoms with Gasteiger partial charge in [0.05, 0.1) is 12.6 Å². The first kappa shape index (κ1) is 17.3. The van der Waals surface area contributed by atoms with Gasteiger partial charge in [0, 0.05) is 41.0 Å². The molecule has 1 aromatic carbocycles. The summed E-state index contributed by atoms with van der Waals surface area (Å²) >= 11 is 3.45. The lowest BCUT2D eigenvalue weighted by molar-refractivity contribution is 0.173. The normalized spacial score (nSPS) is 13.7. The summed E-state index contributed by atoms with van der Waals surface area (Å²) in [6.07, 6.45) is 2.77. The number of benzene rings is 1. The number of thiazole rings is 1. The highest BCUT2D eigenvalue weighted by atomic mass is 32.1. The molecule has 0 aliphatic carbocycles. The molecule has 136 valence electrons. The Kier molecular flexibility index (Phi) is 5.38.